The van der Waals surface area contributed by atoms with Crippen molar-refractivity contribution in [3.05, 3.63) is 0 Å². The zero-order valence-electron chi connectivity index (χ0n) is 5.11. The SMILES string of the molecule is COC(CCl)C(Br)CCl. The van der Waals surface area contributed by atoms with Crippen molar-refractivity contribution in [3.63, 3.8) is 0 Å². The van der Waals surface area contributed by atoms with E-state index < -0.39 is 0 Å². The lowest BCUT2D eigenvalue weighted by Gasteiger charge is -2.15. The van der Waals surface area contributed by atoms with Crippen molar-refractivity contribution in [1.82, 2.24) is 0 Å². The average molecular weight is 236 g/mol. The van der Waals surface area contributed by atoms with E-state index in [-0.39, 0.29) is 10.9 Å². The normalized spacial score (nSPS) is 17.3. The Labute approximate surface area is 73.8 Å². The lowest BCUT2D eigenvalue weighted by molar-refractivity contribution is 0.124. The number of hydrogen-bond donors (Lipinski definition) is 0. The van der Waals surface area contributed by atoms with Crippen LogP contribution in [0.25, 0.3) is 0 Å². The van der Waals surface area contributed by atoms with Crippen LogP contribution in [-0.2, 0) is 4.74 Å². The van der Waals surface area contributed by atoms with E-state index in [1.807, 2.05) is 0 Å². The quantitative estimate of drug-likeness (QED) is 0.680. The van der Waals surface area contributed by atoms with Gasteiger partial charge in [0.25, 0.3) is 0 Å². The summed E-state index contributed by atoms with van der Waals surface area (Å²) in [4.78, 5) is 0.154. The number of ether oxygens (including phenoxy) is 1. The van der Waals surface area contributed by atoms with Gasteiger partial charge >= 0.3 is 0 Å². The van der Waals surface area contributed by atoms with Gasteiger partial charge in [-0.05, 0) is 0 Å². The highest BCUT2D eigenvalue weighted by Crippen LogP contribution is 2.11. The predicted molar refractivity (Wildman–Crippen MR) is 45.0 cm³/mol. The lowest BCUT2D eigenvalue weighted by Crippen LogP contribution is -2.25. The Bertz CT molecular complexity index is 68.0. The highest BCUT2D eigenvalue weighted by Gasteiger charge is 2.15. The zero-order valence-corrected chi connectivity index (χ0v) is 8.21. The van der Waals surface area contributed by atoms with Crippen molar-refractivity contribution in [3.8, 4) is 0 Å². The summed E-state index contributed by atoms with van der Waals surface area (Å²) in [5, 5.41) is 0. The van der Waals surface area contributed by atoms with E-state index in [4.69, 9.17) is 27.9 Å². The van der Waals surface area contributed by atoms with Crippen LogP contribution in [0, 0.1) is 0 Å². The number of halogens is 3. The van der Waals surface area contributed by atoms with Gasteiger partial charge < -0.3 is 4.74 Å². The third-order valence-electron chi connectivity index (χ3n) is 1.01. The van der Waals surface area contributed by atoms with E-state index in [1.54, 1.807) is 7.11 Å². The Morgan fingerprint density at radius 2 is 2.00 bits per heavy atom. The molecule has 9 heavy (non-hydrogen) atoms. The first-order chi connectivity index (χ1) is 4.26. The first-order valence-electron chi connectivity index (χ1n) is 2.55. The van der Waals surface area contributed by atoms with Crippen LogP contribution in [0.2, 0.25) is 0 Å². The van der Waals surface area contributed by atoms with E-state index in [2.05, 4.69) is 15.9 Å². The molecule has 0 heterocycles. The molecule has 0 N–H and O–H groups in total. The minimum absolute atomic E-state index is 0.0177. The van der Waals surface area contributed by atoms with Gasteiger partial charge in [0.15, 0.2) is 0 Å². The molecule has 0 aromatic heterocycles. The van der Waals surface area contributed by atoms with Gasteiger partial charge in [-0.25, -0.2) is 0 Å². The molecule has 0 rings (SSSR count). The Kier molecular flexibility index (Phi) is 6.43. The highest BCUT2D eigenvalue weighted by atomic mass is 79.9. The van der Waals surface area contributed by atoms with Crippen molar-refractivity contribution in [2.24, 2.45) is 0 Å². The third kappa shape index (κ3) is 3.66. The van der Waals surface area contributed by atoms with Crippen molar-refractivity contribution in [2.75, 3.05) is 18.9 Å². The Hall–Kier alpha value is 1.02. The fourth-order valence-electron chi connectivity index (χ4n) is 0.407. The monoisotopic (exact) mass is 234 g/mol. The fraction of sp³-hybridized carbons (Fsp3) is 1.00. The minimum atomic E-state index is 0.0177. The summed E-state index contributed by atoms with van der Waals surface area (Å²) in [5.41, 5.74) is 0. The molecule has 0 radical (unpaired) electrons. The van der Waals surface area contributed by atoms with Gasteiger partial charge in [0.2, 0.25) is 0 Å². The molecule has 0 aromatic carbocycles. The van der Waals surface area contributed by atoms with E-state index in [1.165, 1.54) is 0 Å². The Balaban J connectivity index is 3.50. The Morgan fingerprint density at radius 3 is 2.11 bits per heavy atom. The molecule has 1 nitrogen and oxygen atoms in total. The summed E-state index contributed by atoms with van der Waals surface area (Å²) >= 11 is 14.4. The molecule has 0 bridgehead atoms. The van der Waals surface area contributed by atoms with Crippen LogP contribution < -0.4 is 0 Å². The predicted octanol–water partition coefficient (Wildman–Crippen LogP) is 2.24. The van der Waals surface area contributed by atoms with Gasteiger partial charge in [-0.2, -0.15) is 0 Å². The molecule has 2 atom stereocenters. The second-order valence-corrected chi connectivity index (χ2v) is 3.39. The van der Waals surface area contributed by atoms with Crippen LogP contribution in [-0.4, -0.2) is 29.8 Å². The molecule has 0 saturated carbocycles. The van der Waals surface area contributed by atoms with Crippen LogP contribution in [0.4, 0.5) is 0 Å². The number of rotatable bonds is 4. The van der Waals surface area contributed by atoms with Gasteiger partial charge in [0.05, 0.1) is 10.9 Å². The maximum atomic E-state index is 5.53. The second kappa shape index (κ2) is 5.78. The molecule has 0 aliphatic carbocycles. The van der Waals surface area contributed by atoms with Gasteiger partial charge in [-0.3, -0.25) is 0 Å². The molecular weight excluding hydrogens is 227 g/mol. The highest BCUT2D eigenvalue weighted by molar-refractivity contribution is 9.09. The zero-order chi connectivity index (χ0) is 7.28. The van der Waals surface area contributed by atoms with Crippen molar-refractivity contribution >= 4 is 39.1 Å². The molecule has 2 unspecified atom stereocenters. The smallest absolute Gasteiger partial charge is 0.0842 e. The van der Waals surface area contributed by atoms with E-state index in [9.17, 15) is 0 Å². The lowest BCUT2D eigenvalue weighted by atomic mass is 10.3. The van der Waals surface area contributed by atoms with Crippen LogP contribution in [0.3, 0.4) is 0 Å². The van der Waals surface area contributed by atoms with Gasteiger partial charge in [-0.15, -0.1) is 23.2 Å². The molecule has 0 amide bonds. The number of hydrogen-bond acceptors (Lipinski definition) is 1. The molecular formula is C5H9BrCl2O. The number of methoxy groups -OCH3 is 1. The summed E-state index contributed by atoms with van der Waals surface area (Å²) in [6.45, 7) is 0. The van der Waals surface area contributed by atoms with Crippen molar-refractivity contribution < 1.29 is 4.74 Å². The summed E-state index contributed by atoms with van der Waals surface area (Å²) in [5.74, 6) is 0.990. The third-order valence-corrected chi connectivity index (χ3v) is 2.93. The molecule has 0 aliphatic rings. The molecule has 0 spiro atoms. The standard InChI is InChI=1S/C5H9BrCl2O/c1-9-5(3-8)4(6)2-7/h4-5H,2-3H2,1H3. The molecule has 56 valence electrons. The number of alkyl halides is 3. The first-order valence-corrected chi connectivity index (χ1v) is 4.53. The summed E-state index contributed by atoms with van der Waals surface area (Å²) in [6.07, 6.45) is 0.0177. The minimum Gasteiger partial charge on any atom is -0.379 e. The summed E-state index contributed by atoms with van der Waals surface area (Å²) < 4.78 is 4.99. The van der Waals surface area contributed by atoms with Crippen LogP contribution in [0.15, 0.2) is 0 Å². The topological polar surface area (TPSA) is 9.23 Å². The second-order valence-electron chi connectivity index (χ2n) is 1.60. The van der Waals surface area contributed by atoms with Gasteiger partial charge in [0, 0.05) is 18.9 Å². The van der Waals surface area contributed by atoms with Gasteiger partial charge in [0.1, 0.15) is 0 Å². The molecule has 0 aromatic rings. The average Bonchev–Trinajstić information content (AvgIpc) is 1.90. The van der Waals surface area contributed by atoms with E-state index >= 15 is 0 Å². The molecule has 0 saturated heterocycles. The maximum absolute atomic E-state index is 5.53. The first kappa shape index (κ1) is 10.0. The molecule has 4 heteroatoms. The Morgan fingerprint density at radius 1 is 1.44 bits per heavy atom. The van der Waals surface area contributed by atoms with E-state index in [0.717, 1.165) is 0 Å². The van der Waals surface area contributed by atoms with Crippen molar-refractivity contribution in [2.45, 2.75) is 10.9 Å². The summed E-state index contributed by atoms with van der Waals surface area (Å²) in [7, 11) is 1.62. The van der Waals surface area contributed by atoms with Crippen LogP contribution >= 0.6 is 39.1 Å². The molecule has 0 fully saturated rings. The summed E-state index contributed by atoms with van der Waals surface area (Å²) in [6, 6.07) is 0. The van der Waals surface area contributed by atoms with Crippen LogP contribution in [0.1, 0.15) is 0 Å². The maximum Gasteiger partial charge on any atom is 0.0842 e. The van der Waals surface area contributed by atoms with Crippen molar-refractivity contribution in [1.29, 1.82) is 0 Å². The van der Waals surface area contributed by atoms with E-state index in [0.29, 0.717) is 11.8 Å². The van der Waals surface area contributed by atoms with Crippen LogP contribution in [0.5, 0.6) is 0 Å². The molecule has 0 aliphatic heterocycles. The largest absolute Gasteiger partial charge is 0.379 e. The fourth-order valence-corrected chi connectivity index (χ4v) is 1.56. The van der Waals surface area contributed by atoms with Gasteiger partial charge in [-0.1, -0.05) is 15.9 Å².